The molecule has 1 fully saturated rings. The molecule has 1 aliphatic rings. The average Bonchev–Trinajstić information content (AvgIpc) is 2.35. The van der Waals surface area contributed by atoms with Crippen LogP contribution in [0.4, 0.5) is 5.82 Å². The van der Waals surface area contributed by atoms with E-state index in [2.05, 4.69) is 15.2 Å². The van der Waals surface area contributed by atoms with Crippen LogP contribution in [0.3, 0.4) is 0 Å². The zero-order chi connectivity index (χ0) is 13.9. The molecular formula is C13H21N3O2S. The number of aromatic nitrogens is 1. The smallest absolute Gasteiger partial charge is 0.153 e. The Balaban J connectivity index is 2.09. The Morgan fingerprint density at radius 1 is 1.53 bits per heavy atom. The summed E-state index contributed by atoms with van der Waals surface area (Å²) in [5.74, 6) is 1.41. The second-order valence-corrected chi connectivity index (χ2v) is 7.20. The molecule has 0 bridgehead atoms. The second-order valence-electron chi connectivity index (χ2n) is 4.98. The van der Waals surface area contributed by atoms with Gasteiger partial charge in [0.25, 0.3) is 0 Å². The molecule has 1 atom stereocenters. The molecule has 0 amide bonds. The Morgan fingerprint density at radius 3 is 3.00 bits per heavy atom. The van der Waals surface area contributed by atoms with Gasteiger partial charge in [-0.05, 0) is 19.9 Å². The minimum Gasteiger partial charge on any atom is -0.370 e. The fraction of sp³-hybridized carbons (Fsp3) is 0.615. The van der Waals surface area contributed by atoms with E-state index in [9.17, 15) is 8.42 Å². The molecule has 0 radical (unpaired) electrons. The molecule has 1 unspecified atom stereocenters. The number of anilines is 1. The topological polar surface area (TPSA) is 62.3 Å². The third-order valence-corrected chi connectivity index (χ3v) is 5.21. The fourth-order valence-electron chi connectivity index (χ4n) is 2.38. The van der Waals surface area contributed by atoms with Gasteiger partial charge in [-0.3, -0.25) is 4.90 Å². The van der Waals surface area contributed by atoms with Crippen LogP contribution >= 0.6 is 0 Å². The number of sulfone groups is 1. The maximum atomic E-state index is 11.6. The maximum Gasteiger partial charge on any atom is 0.153 e. The van der Waals surface area contributed by atoms with E-state index in [4.69, 9.17) is 0 Å². The summed E-state index contributed by atoms with van der Waals surface area (Å²) < 4.78 is 23.2. The van der Waals surface area contributed by atoms with E-state index in [1.807, 2.05) is 26.0 Å². The van der Waals surface area contributed by atoms with Gasteiger partial charge in [0.05, 0.1) is 11.5 Å². The van der Waals surface area contributed by atoms with Gasteiger partial charge in [-0.1, -0.05) is 6.07 Å². The zero-order valence-corrected chi connectivity index (χ0v) is 12.3. The molecule has 1 saturated heterocycles. The van der Waals surface area contributed by atoms with Crippen molar-refractivity contribution in [1.82, 2.24) is 9.88 Å². The van der Waals surface area contributed by atoms with E-state index in [1.54, 1.807) is 6.20 Å². The highest BCUT2D eigenvalue weighted by molar-refractivity contribution is 7.91. The molecule has 2 rings (SSSR count). The molecule has 0 aromatic carbocycles. The molecule has 1 aromatic rings. The van der Waals surface area contributed by atoms with Crippen molar-refractivity contribution in [3.63, 3.8) is 0 Å². The summed E-state index contributed by atoms with van der Waals surface area (Å²) in [5.41, 5.74) is 1.12. The number of hydrogen-bond acceptors (Lipinski definition) is 5. The van der Waals surface area contributed by atoms with E-state index >= 15 is 0 Å². The van der Waals surface area contributed by atoms with Crippen LogP contribution in [0.2, 0.25) is 0 Å². The van der Waals surface area contributed by atoms with Crippen LogP contribution in [0, 0.1) is 0 Å². The highest BCUT2D eigenvalue weighted by Crippen LogP contribution is 2.19. The van der Waals surface area contributed by atoms with Crippen LogP contribution in [0.1, 0.15) is 19.4 Å². The molecule has 2 heterocycles. The van der Waals surface area contributed by atoms with Gasteiger partial charge in [0, 0.05) is 37.4 Å². The van der Waals surface area contributed by atoms with Gasteiger partial charge >= 0.3 is 0 Å². The number of nitrogens with zero attached hydrogens (tertiary/aromatic N) is 2. The first-order chi connectivity index (χ1) is 9.02. The van der Waals surface area contributed by atoms with Crippen LogP contribution in [0.25, 0.3) is 0 Å². The molecular weight excluding hydrogens is 262 g/mol. The van der Waals surface area contributed by atoms with Gasteiger partial charge in [-0.25, -0.2) is 13.4 Å². The van der Waals surface area contributed by atoms with E-state index in [-0.39, 0.29) is 17.5 Å². The molecule has 6 heteroatoms. The largest absolute Gasteiger partial charge is 0.370 e. The summed E-state index contributed by atoms with van der Waals surface area (Å²) >= 11 is 0. The summed E-state index contributed by atoms with van der Waals surface area (Å²) in [4.78, 5) is 6.54. The summed E-state index contributed by atoms with van der Waals surface area (Å²) in [6.45, 7) is 6.18. The SMILES string of the molecule is CCNc1ncccc1CN1CCS(=O)(=O)CC1C. The quantitative estimate of drug-likeness (QED) is 0.897. The van der Waals surface area contributed by atoms with Crippen LogP contribution in [-0.2, 0) is 16.4 Å². The summed E-state index contributed by atoms with van der Waals surface area (Å²) in [6, 6.07) is 4.02. The lowest BCUT2D eigenvalue weighted by molar-refractivity contribution is 0.218. The Bertz CT molecular complexity index is 530. The lowest BCUT2D eigenvalue weighted by Crippen LogP contribution is -2.46. The van der Waals surface area contributed by atoms with E-state index in [1.165, 1.54) is 0 Å². The van der Waals surface area contributed by atoms with Gasteiger partial charge in [-0.2, -0.15) is 0 Å². The van der Waals surface area contributed by atoms with Gasteiger partial charge in [-0.15, -0.1) is 0 Å². The first-order valence-corrected chi connectivity index (χ1v) is 8.46. The molecule has 5 nitrogen and oxygen atoms in total. The van der Waals surface area contributed by atoms with Gasteiger partial charge < -0.3 is 5.32 Å². The standard InChI is InChI=1S/C13H21N3O2S/c1-3-14-13-12(5-4-6-15-13)9-16-7-8-19(17,18)10-11(16)2/h4-6,11H,3,7-10H2,1-2H3,(H,14,15). The lowest BCUT2D eigenvalue weighted by atomic mass is 10.2. The molecule has 106 valence electrons. The van der Waals surface area contributed by atoms with Gasteiger partial charge in [0.2, 0.25) is 0 Å². The maximum absolute atomic E-state index is 11.6. The van der Waals surface area contributed by atoms with E-state index in [0.717, 1.165) is 24.5 Å². The Labute approximate surface area is 114 Å². The fourth-order valence-corrected chi connectivity index (χ4v) is 4.00. The Kier molecular flexibility index (Phi) is 4.42. The highest BCUT2D eigenvalue weighted by atomic mass is 32.2. The van der Waals surface area contributed by atoms with Crippen molar-refractivity contribution < 1.29 is 8.42 Å². The molecule has 1 N–H and O–H groups in total. The zero-order valence-electron chi connectivity index (χ0n) is 11.5. The number of hydrogen-bond donors (Lipinski definition) is 1. The minimum absolute atomic E-state index is 0.0634. The van der Waals surface area contributed by atoms with Crippen LogP contribution < -0.4 is 5.32 Å². The first kappa shape index (κ1) is 14.3. The molecule has 0 spiro atoms. The third-order valence-electron chi connectivity index (χ3n) is 3.42. The van der Waals surface area contributed by atoms with Crippen molar-refractivity contribution in [3.8, 4) is 0 Å². The normalized spacial score (nSPS) is 23.2. The number of pyridine rings is 1. The molecule has 1 aliphatic heterocycles. The van der Waals surface area contributed by atoms with Crippen molar-refractivity contribution in [2.45, 2.75) is 26.4 Å². The van der Waals surface area contributed by atoms with Crippen molar-refractivity contribution in [2.75, 3.05) is 29.9 Å². The monoisotopic (exact) mass is 283 g/mol. The van der Waals surface area contributed by atoms with Gasteiger partial charge in [0.1, 0.15) is 5.82 Å². The van der Waals surface area contributed by atoms with E-state index in [0.29, 0.717) is 6.54 Å². The average molecular weight is 283 g/mol. The lowest BCUT2D eigenvalue weighted by Gasteiger charge is -2.33. The molecule has 1 aromatic heterocycles. The summed E-state index contributed by atoms with van der Waals surface area (Å²) in [6.07, 6.45) is 1.77. The molecule has 19 heavy (non-hydrogen) atoms. The van der Waals surface area contributed by atoms with Crippen LogP contribution in [-0.4, -0.2) is 48.9 Å². The van der Waals surface area contributed by atoms with Crippen molar-refractivity contribution in [1.29, 1.82) is 0 Å². The second kappa shape index (κ2) is 5.88. The van der Waals surface area contributed by atoms with Crippen molar-refractivity contribution >= 4 is 15.7 Å². The van der Waals surface area contributed by atoms with E-state index < -0.39 is 9.84 Å². The number of nitrogens with one attached hydrogen (secondary N) is 1. The highest BCUT2D eigenvalue weighted by Gasteiger charge is 2.28. The molecule has 0 aliphatic carbocycles. The third kappa shape index (κ3) is 3.67. The summed E-state index contributed by atoms with van der Waals surface area (Å²) in [5, 5.41) is 3.24. The predicted octanol–water partition coefficient (Wildman–Crippen LogP) is 1.13. The summed E-state index contributed by atoms with van der Waals surface area (Å²) in [7, 11) is -2.85. The minimum atomic E-state index is -2.85. The predicted molar refractivity (Wildman–Crippen MR) is 76.9 cm³/mol. The van der Waals surface area contributed by atoms with Crippen molar-refractivity contribution in [2.24, 2.45) is 0 Å². The Morgan fingerprint density at radius 2 is 2.32 bits per heavy atom. The van der Waals surface area contributed by atoms with Crippen LogP contribution in [0.15, 0.2) is 18.3 Å². The first-order valence-electron chi connectivity index (χ1n) is 6.64. The van der Waals surface area contributed by atoms with Crippen LogP contribution in [0.5, 0.6) is 0 Å². The molecule has 0 saturated carbocycles. The van der Waals surface area contributed by atoms with Gasteiger partial charge in [0.15, 0.2) is 9.84 Å². The van der Waals surface area contributed by atoms with Crippen molar-refractivity contribution in [3.05, 3.63) is 23.9 Å². The Hall–Kier alpha value is -1.14. The number of rotatable bonds is 4.